The summed E-state index contributed by atoms with van der Waals surface area (Å²) in [5.74, 6) is 0.0366. The zero-order chi connectivity index (χ0) is 13.0. The summed E-state index contributed by atoms with van der Waals surface area (Å²) in [4.78, 5) is -0.0263. The van der Waals surface area contributed by atoms with Crippen LogP contribution in [0.1, 0.15) is 6.42 Å². The Bertz CT molecular complexity index is 588. The molecule has 8 nitrogen and oxygen atoms in total. The number of nitrogens with one attached hydrogen (secondary N) is 2. The van der Waals surface area contributed by atoms with E-state index in [2.05, 4.69) is 20.0 Å². The van der Waals surface area contributed by atoms with E-state index in [9.17, 15) is 8.42 Å². The van der Waals surface area contributed by atoms with Crippen molar-refractivity contribution in [1.82, 2.24) is 24.7 Å². The fourth-order valence-electron chi connectivity index (χ4n) is 1.46. The summed E-state index contributed by atoms with van der Waals surface area (Å²) in [6, 6.07) is 1.82. The summed E-state index contributed by atoms with van der Waals surface area (Å²) < 4.78 is 27.8. The molecular weight excluding hydrogens is 256 g/mol. The number of rotatable bonds is 6. The van der Waals surface area contributed by atoms with Crippen LogP contribution in [0.25, 0.3) is 0 Å². The molecule has 0 aromatic carbocycles. The SMILES string of the molecule is Nc1[nH]ncc1S(=O)(=O)NCCCn1cccn1. The molecule has 9 heteroatoms. The highest BCUT2D eigenvalue weighted by Crippen LogP contribution is 2.13. The van der Waals surface area contributed by atoms with Crippen LogP contribution in [0.2, 0.25) is 0 Å². The highest BCUT2D eigenvalue weighted by atomic mass is 32.2. The second-order valence-corrected chi connectivity index (χ2v) is 5.40. The van der Waals surface area contributed by atoms with Crippen LogP contribution in [0.5, 0.6) is 0 Å². The normalized spacial score (nSPS) is 11.8. The van der Waals surface area contributed by atoms with Crippen LogP contribution in [0.15, 0.2) is 29.6 Å². The van der Waals surface area contributed by atoms with E-state index >= 15 is 0 Å². The zero-order valence-electron chi connectivity index (χ0n) is 9.57. The largest absolute Gasteiger partial charge is 0.383 e. The lowest BCUT2D eigenvalue weighted by atomic mass is 10.4. The van der Waals surface area contributed by atoms with Gasteiger partial charge in [-0.1, -0.05) is 0 Å². The Balaban J connectivity index is 1.85. The number of hydrogen-bond donors (Lipinski definition) is 3. The lowest BCUT2D eigenvalue weighted by Crippen LogP contribution is -2.26. The predicted molar refractivity (Wildman–Crippen MR) is 65.0 cm³/mol. The van der Waals surface area contributed by atoms with E-state index in [1.807, 2.05) is 12.3 Å². The van der Waals surface area contributed by atoms with Crippen molar-refractivity contribution in [3.05, 3.63) is 24.7 Å². The maximum atomic E-state index is 11.8. The average molecular weight is 270 g/mol. The first-order valence-electron chi connectivity index (χ1n) is 5.35. The molecule has 2 aromatic heterocycles. The number of aromatic nitrogens is 4. The van der Waals surface area contributed by atoms with Gasteiger partial charge in [-0.15, -0.1) is 0 Å². The van der Waals surface area contributed by atoms with Gasteiger partial charge in [0.05, 0.1) is 6.20 Å². The number of nitrogens with zero attached hydrogens (tertiary/aromatic N) is 3. The topological polar surface area (TPSA) is 119 Å². The standard InChI is InChI=1S/C9H14N6O2S/c10-9-8(7-11-14-9)18(16,17)13-4-2-6-15-5-1-3-12-15/h1,3,5,7,13H,2,4,6H2,(H3,10,11,14). The molecule has 0 amide bonds. The molecule has 0 aliphatic heterocycles. The summed E-state index contributed by atoms with van der Waals surface area (Å²) in [5, 5.41) is 9.97. The Morgan fingerprint density at radius 1 is 1.50 bits per heavy atom. The average Bonchev–Trinajstić information content (AvgIpc) is 2.95. The fraction of sp³-hybridized carbons (Fsp3) is 0.333. The first-order valence-corrected chi connectivity index (χ1v) is 6.84. The first-order chi connectivity index (χ1) is 8.59. The zero-order valence-corrected chi connectivity index (χ0v) is 10.4. The molecule has 2 rings (SSSR count). The van der Waals surface area contributed by atoms with Crippen molar-refractivity contribution in [2.75, 3.05) is 12.3 Å². The third-order valence-corrected chi connectivity index (χ3v) is 3.83. The number of nitrogens with two attached hydrogens (primary N) is 1. The lowest BCUT2D eigenvalue weighted by Gasteiger charge is -2.05. The van der Waals surface area contributed by atoms with Gasteiger partial charge in [0.2, 0.25) is 10.0 Å². The molecule has 2 heterocycles. The molecule has 0 radical (unpaired) electrons. The van der Waals surface area contributed by atoms with Crippen molar-refractivity contribution < 1.29 is 8.42 Å². The quantitative estimate of drug-likeness (QED) is 0.615. The maximum absolute atomic E-state index is 11.8. The van der Waals surface area contributed by atoms with E-state index in [4.69, 9.17) is 5.73 Å². The Kier molecular flexibility index (Phi) is 3.63. The Morgan fingerprint density at radius 2 is 2.33 bits per heavy atom. The third kappa shape index (κ3) is 2.87. The molecule has 0 saturated carbocycles. The molecule has 0 atom stereocenters. The number of aryl methyl sites for hydroxylation is 1. The van der Waals surface area contributed by atoms with Gasteiger partial charge < -0.3 is 5.73 Å². The summed E-state index contributed by atoms with van der Waals surface area (Å²) in [6.45, 7) is 0.962. The van der Waals surface area contributed by atoms with Crippen LogP contribution in [-0.4, -0.2) is 34.9 Å². The van der Waals surface area contributed by atoms with Gasteiger partial charge in [-0.2, -0.15) is 10.2 Å². The molecular formula is C9H14N6O2S. The van der Waals surface area contributed by atoms with Gasteiger partial charge in [0.25, 0.3) is 0 Å². The van der Waals surface area contributed by atoms with Crippen LogP contribution < -0.4 is 10.5 Å². The number of anilines is 1. The van der Waals surface area contributed by atoms with E-state index in [-0.39, 0.29) is 10.7 Å². The molecule has 0 unspecified atom stereocenters. The minimum Gasteiger partial charge on any atom is -0.383 e. The fourth-order valence-corrected chi connectivity index (χ4v) is 2.55. The lowest BCUT2D eigenvalue weighted by molar-refractivity contribution is 0.553. The summed E-state index contributed by atoms with van der Waals surface area (Å²) in [6.07, 6.45) is 5.32. The van der Waals surface area contributed by atoms with Gasteiger partial charge in [0, 0.05) is 25.5 Å². The molecule has 0 saturated heterocycles. The van der Waals surface area contributed by atoms with E-state index in [0.717, 1.165) is 0 Å². The van der Waals surface area contributed by atoms with Crippen LogP contribution in [0.3, 0.4) is 0 Å². The number of H-pyrrole nitrogens is 1. The summed E-state index contributed by atoms with van der Waals surface area (Å²) >= 11 is 0. The van der Waals surface area contributed by atoms with Gasteiger partial charge in [0.15, 0.2) is 0 Å². The van der Waals surface area contributed by atoms with Crippen molar-refractivity contribution in [3.63, 3.8) is 0 Å². The third-order valence-electron chi connectivity index (χ3n) is 2.34. The molecule has 0 fully saturated rings. The molecule has 18 heavy (non-hydrogen) atoms. The number of aromatic amines is 1. The van der Waals surface area contributed by atoms with E-state index in [1.54, 1.807) is 10.9 Å². The molecule has 0 aliphatic carbocycles. The second kappa shape index (κ2) is 5.19. The highest BCUT2D eigenvalue weighted by Gasteiger charge is 2.18. The number of nitrogen functional groups attached to an aromatic ring is 1. The molecule has 0 spiro atoms. The maximum Gasteiger partial charge on any atom is 0.245 e. The van der Waals surface area contributed by atoms with E-state index in [0.29, 0.717) is 19.5 Å². The Hall–Kier alpha value is -1.87. The van der Waals surface area contributed by atoms with Crippen LogP contribution in [-0.2, 0) is 16.6 Å². The van der Waals surface area contributed by atoms with Gasteiger partial charge in [-0.05, 0) is 12.5 Å². The van der Waals surface area contributed by atoms with Gasteiger partial charge >= 0.3 is 0 Å². The minimum absolute atomic E-state index is 0.0263. The minimum atomic E-state index is -3.59. The van der Waals surface area contributed by atoms with Crippen LogP contribution >= 0.6 is 0 Å². The number of hydrogen-bond acceptors (Lipinski definition) is 5. The predicted octanol–water partition coefficient (Wildman–Crippen LogP) is -0.443. The second-order valence-electron chi connectivity index (χ2n) is 3.67. The Morgan fingerprint density at radius 3 is 2.94 bits per heavy atom. The van der Waals surface area contributed by atoms with Crippen molar-refractivity contribution in [2.45, 2.75) is 17.9 Å². The van der Waals surface area contributed by atoms with Crippen molar-refractivity contribution in [1.29, 1.82) is 0 Å². The smallest absolute Gasteiger partial charge is 0.245 e. The van der Waals surface area contributed by atoms with Crippen LogP contribution in [0.4, 0.5) is 5.82 Å². The molecule has 98 valence electrons. The monoisotopic (exact) mass is 270 g/mol. The Labute approximate surface area is 104 Å². The first kappa shape index (κ1) is 12.6. The van der Waals surface area contributed by atoms with E-state index < -0.39 is 10.0 Å². The van der Waals surface area contributed by atoms with Gasteiger partial charge in [-0.3, -0.25) is 9.78 Å². The van der Waals surface area contributed by atoms with Crippen molar-refractivity contribution in [3.8, 4) is 0 Å². The van der Waals surface area contributed by atoms with Gasteiger partial charge in [0.1, 0.15) is 10.7 Å². The van der Waals surface area contributed by atoms with Crippen molar-refractivity contribution in [2.24, 2.45) is 0 Å². The summed E-state index contributed by atoms with van der Waals surface area (Å²) in [7, 11) is -3.59. The molecule has 0 aliphatic rings. The summed E-state index contributed by atoms with van der Waals surface area (Å²) in [5.41, 5.74) is 5.46. The molecule has 4 N–H and O–H groups in total. The highest BCUT2D eigenvalue weighted by molar-refractivity contribution is 7.89. The van der Waals surface area contributed by atoms with E-state index in [1.165, 1.54) is 6.20 Å². The van der Waals surface area contributed by atoms with Gasteiger partial charge in [-0.25, -0.2) is 13.1 Å². The van der Waals surface area contributed by atoms with Crippen molar-refractivity contribution >= 4 is 15.8 Å². The molecule has 2 aromatic rings. The molecule has 0 bridgehead atoms. The van der Waals surface area contributed by atoms with Crippen LogP contribution in [0, 0.1) is 0 Å². The number of sulfonamides is 1.